The molecule has 0 aliphatic heterocycles. The van der Waals surface area contributed by atoms with Gasteiger partial charge in [-0.2, -0.15) is 0 Å². The van der Waals surface area contributed by atoms with Crippen LogP contribution in [0.25, 0.3) is 0 Å². The van der Waals surface area contributed by atoms with Gasteiger partial charge in [0.2, 0.25) is 5.88 Å². The number of rotatable bonds is 4. The first kappa shape index (κ1) is 16.5. The summed E-state index contributed by atoms with van der Waals surface area (Å²) in [4.78, 5) is 15.6. The summed E-state index contributed by atoms with van der Waals surface area (Å²) >= 11 is 0. The predicted octanol–water partition coefficient (Wildman–Crippen LogP) is 3.89. The van der Waals surface area contributed by atoms with Crippen LogP contribution in [0, 0.1) is 5.41 Å². The molecule has 0 radical (unpaired) electrons. The summed E-state index contributed by atoms with van der Waals surface area (Å²) in [6, 6.07) is 3.10. The molecule has 1 aromatic heterocycles. The quantitative estimate of drug-likeness (QED) is 0.908. The molecular weight excluding hydrogens is 254 g/mol. The van der Waals surface area contributed by atoms with Crippen LogP contribution in [0.3, 0.4) is 0 Å². The van der Waals surface area contributed by atoms with E-state index in [0.717, 1.165) is 12.1 Å². The number of hydrogen-bond donors (Lipinski definition) is 1. The molecule has 0 fully saturated rings. The smallest absolute Gasteiger partial charge is 0.335 e. The SMILES string of the molecule is CC(C)(C)CCOc1cc(C(=O)O)cc(C(C)(C)C)n1. The Balaban J connectivity index is 2.95. The molecule has 1 rings (SSSR count). The minimum atomic E-state index is -0.960. The van der Waals surface area contributed by atoms with Crippen molar-refractivity contribution in [3.05, 3.63) is 23.4 Å². The van der Waals surface area contributed by atoms with E-state index < -0.39 is 5.97 Å². The van der Waals surface area contributed by atoms with Gasteiger partial charge in [-0.1, -0.05) is 41.5 Å². The lowest BCUT2D eigenvalue weighted by atomic mass is 9.91. The van der Waals surface area contributed by atoms with Gasteiger partial charge in [0.25, 0.3) is 0 Å². The molecule has 20 heavy (non-hydrogen) atoms. The fraction of sp³-hybridized carbons (Fsp3) is 0.625. The van der Waals surface area contributed by atoms with Gasteiger partial charge in [0.1, 0.15) is 0 Å². The van der Waals surface area contributed by atoms with Crippen molar-refractivity contribution in [1.29, 1.82) is 0 Å². The predicted molar refractivity (Wildman–Crippen MR) is 79.5 cm³/mol. The standard InChI is InChI=1S/C16H25NO3/c1-15(2,3)7-8-20-13-10-11(14(18)19)9-12(17-13)16(4,5)6/h9-10H,7-8H2,1-6H3,(H,18,19). The zero-order chi connectivity index (χ0) is 15.6. The van der Waals surface area contributed by atoms with Crippen molar-refractivity contribution in [3.8, 4) is 5.88 Å². The van der Waals surface area contributed by atoms with Crippen LogP contribution in [0.2, 0.25) is 0 Å². The monoisotopic (exact) mass is 279 g/mol. The van der Waals surface area contributed by atoms with Crippen LogP contribution in [0.15, 0.2) is 12.1 Å². The second-order valence-electron chi connectivity index (χ2n) is 7.29. The van der Waals surface area contributed by atoms with Gasteiger partial charge >= 0.3 is 5.97 Å². The molecule has 1 N–H and O–H groups in total. The lowest BCUT2D eigenvalue weighted by Crippen LogP contribution is -2.17. The van der Waals surface area contributed by atoms with Gasteiger partial charge in [0, 0.05) is 11.5 Å². The minimum Gasteiger partial charge on any atom is -0.478 e. The van der Waals surface area contributed by atoms with Gasteiger partial charge in [0.05, 0.1) is 17.9 Å². The Hall–Kier alpha value is -1.58. The van der Waals surface area contributed by atoms with Crippen LogP contribution in [-0.4, -0.2) is 22.7 Å². The van der Waals surface area contributed by atoms with Crippen LogP contribution < -0.4 is 4.74 Å². The number of hydrogen-bond acceptors (Lipinski definition) is 3. The Kier molecular flexibility index (Phi) is 4.79. The van der Waals surface area contributed by atoms with Crippen molar-refractivity contribution < 1.29 is 14.6 Å². The Bertz CT molecular complexity index is 481. The number of ether oxygens (including phenoxy) is 1. The second-order valence-corrected chi connectivity index (χ2v) is 7.29. The maximum Gasteiger partial charge on any atom is 0.335 e. The molecule has 112 valence electrons. The van der Waals surface area contributed by atoms with E-state index in [0.29, 0.717) is 12.5 Å². The number of aromatic carboxylic acids is 1. The number of pyridine rings is 1. The third kappa shape index (κ3) is 5.19. The molecule has 0 saturated heterocycles. The molecule has 0 spiro atoms. The Morgan fingerprint density at radius 3 is 2.25 bits per heavy atom. The summed E-state index contributed by atoms with van der Waals surface area (Å²) in [5, 5.41) is 9.17. The van der Waals surface area contributed by atoms with Crippen LogP contribution in [0.5, 0.6) is 5.88 Å². The van der Waals surface area contributed by atoms with E-state index in [1.165, 1.54) is 6.07 Å². The summed E-state index contributed by atoms with van der Waals surface area (Å²) in [5.74, 6) is -0.572. The van der Waals surface area contributed by atoms with E-state index in [2.05, 4.69) is 25.8 Å². The van der Waals surface area contributed by atoms with E-state index in [1.807, 2.05) is 20.8 Å². The average Bonchev–Trinajstić information content (AvgIpc) is 2.25. The summed E-state index contributed by atoms with van der Waals surface area (Å²) in [6.07, 6.45) is 0.886. The van der Waals surface area contributed by atoms with E-state index in [-0.39, 0.29) is 16.4 Å². The Morgan fingerprint density at radius 2 is 1.80 bits per heavy atom. The highest BCUT2D eigenvalue weighted by Gasteiger charge is 2.20. The van der Waals surface area contributed by atoms with E-state index in [1.54, 1.807) is 6.07 Å². The topological polar surface area (TPSA) is 59.4 Å². The summed E-state index contributed by atoms with van der Waals surface area (Å²) in [7, 11) is 0. The van der Waals surface area contributed by atoms with Crippen molar-refractivity contribution in [2.45, 2.75) is 53.4 Å². The highest BCUT2D eigenvalue weighted by atomic mass is 16.5. The van der Waals surface area contributed by atoms with Gasteiger partial charge in [-0.3, -0.25) is 0 Å². The fourth-order valence-corrected chi connectivity index (χ4v) is 1.55. The van der Waals surface area contributed by atoms with Gasteiger partial charge in [-0.25, -0.2) is 9.78 Å². The minimum absolute atomic E-state index is 0.178. The van der Waals surface area contributed by atoms with E-state index >= 15 is 0 Å². The molecule has 0 saturated carbocycles. The van der Waals surface area contributed by atoms with Crippen LogP contribution in [0.1, 0.15) is 64.0 Å². The molecule has 4 heteroatoms. The third-order valence-corrected chi connectivity index (χ3v) is 2.92. The van der Waals surface area contributed by atoms with Crippen LogP contribution in [-0.2, 0) is 5.41 Å². The second kappa shape index (κ2) is 5.81. The van der Waals surface area contributed by atoms with E-state index in [4.69, 9.17) is 4.74 Å². The van der Waals surface area contributed by atoms with Crippen LogP contribution in [0.4, 0.5) is 0 Å². The first-order valence-electron chi connectivity index (χ1n) is 6.88. The average molecular weight is 279 g/mol. The van der Waals surface area contributed by atoms with Crippen molar-refractivity contribution in [1.82, 2.24) is 4.98 Å². The first-order valence-corrected chi connectivity index (χ1v) is 6.88. The summed E-state index contributed by atoms with van der Waals surface area (Å²) in [6.45, 7) is 12.9. The molecule has 1 aromatic rings. The molecule has 0 unspecified atom stereocenters. The molecule has 0 aliphatic carbocycles. The van der Waals surface area contributed by atoms with Gasteiger partial charge in [-0.15, -0.1) is 0 Å². The van der Waals surface area contributed by atoms with Crippen molar-refractivity contribution in [3.63, 3.8) is 0 Å². The molecular formula is C16H25NO3. The molecule has 0 bridgehead atoms. The first-order chi connectivity index (χ1) is 8.99. The van der Waals surface area contributed by atoms with Crippen molar-refractivity contribution >= 4 is 5.97 Å². The zero-order valence-electron chi connectivity index (χ0n) is 13.3. The lowest BCUT2D eigenvalue weighted by molar-refractivity contribution is 0.0695. The van der Waals surface area contributed by atoms with Gasteiger partial charge in [0.15, 0.2) is 0 Å². The van der Waals surface area contributed by atoms with Crippen molar-refractivity contribution in [2.24, 2.45) is 5.41 Å². The van der Waals surface area contributed by atoms with Crippen molar-refractivity contribution in [2.75, 3.05) is 6.61 Å². The Labute approximate surface area is 121 Å². The van der Waals surface area contributed by atoms with E-state index in [9.17, 15) is 9.90 Å². The molecule has 0 amide bonds. The van der Waals surface area contributed by atoms with Gasteiger partial charge in [-0.05, 0) is 17.9 Å². The summed E-state index contributed by atoms with van der Waals surface area (Å²) < 4.78 is 5.63. The lowest BCUT2D eigenvalue weighted by Gasteiger charge is -2.21. The number of nitrogens with zero attached hydrogens (tertiary/aromatic N) is 1. The highest BCUT2D eigenvalue weighted by Crippen LogP contribution is 2.25. The number of carboxylic acid groups (broad SMARTS) is 1. The largest absolute Gasteiger partial charge is 0.478 e. The normalized spacial score (nSPS) is 12.3. The Morgan fingerprint density at radius 1 is 1.20 bits per heavy atom. The van der Waals surface area contributed by atoms with Crippen LogP contribution >= 0.6 is 0 Å². The highest BCUT2D eigenvalue weighted by molar-refractivity contribution is 5.88. The molecule has 1 heterocycles. The fourth-order valence-electron chi connectivity index (χ4n) is 1.55. The summed E-state index contributed by atoms with van der Waals surface area (Å²) in [5.41, 5.74) is 0.907. The molecule has 0 atom stereocenters. The zero-order valence-corrected chi connectivity index (χ0v) is 13.3. The number of carbonyl (C=O) groups is 1. The number of carboxylic acids is 1. The third-order valence-electron chi connectivity index (χ3n) is 2.92. The molecule has 0 aromatic carbocycles. The molecule has 4 nitrogen and oxygen atoms in total. The maximum atomic E-state index is 11.2. The maximum absolute atomic E-state index is 11.2. The number of aromatic nitrogens is 1. The molecule has 0 aliphatic rings. The van der Waals surface area contributed by atoms with Gasteiger partial charge < -0.3 is 9.84 Å².